The van der Waals surface area contributed by atoms with Crippen LogP contribution in [0.3, 0.4) is 0 Å². The molecule has 0 fully saturated rings. The lowest BCUT2D eigenvalue weighted by Crippen LogP contribution is -2.30. The molecular weight excluding hydrogens is 358 g/mol. The van der Waals surface area contributed by atoms with Crippen LogP contribution < -0.4 is 10.1 Å². The van der Waals surface area contributed by atoms with Crippen LogP contribution in [0.1, 0.15) is 17.3 Å². The van der Waals surface area contributed by atoms with Gasteiger partial charge in [0.25, 0.3) is 5.91 Å². The Kier molecular flexibility index (Phi) is 6.24. The van der Waals surface area contributed by atoms with Gasteiger partial charge in [-0.1, -0.05) is 23.7 Å². The summed E-state index contributed by atoms with van der Waals surface area (Å²) in [6.07, 6.45) is 0.149. The first-order chi connectivity index (χ1) is 11.9. The number of esters is 1. The Balaban J connectivity index is 2.02. The van der Waals surface area contributed by atoms with Crippen LogP contribution in [0.15, 0.2) is 42.6 Å². The highest BCUT2D eigenvalue weighted by Crippen LogP contribution is 2.21. The van der Waals surface area contributed by atoms with Crippen molar-refractivity contribution in [3.63, 3.8) is 0 Å². The Morgan fingerprint density at radius 3 is 2.56 bits per heavy atom. The molecule has 0 spiro atoms. The van der Waals surface area contributed by atoms with Gasteiger partial charge in [-0.05, 0) is 31.2 Å². The number of rotatable bonds is 6. The summed E-state index contributed by atoms with van der Waals surface area (Å²) in [5.74, 6) is -1.73. The van der Waals surface area contributed by atoms with E-state index in [0.29, 0.717) is 5.02 Å². The van der Waals surface area contributed by atoms with E-state index in [1.165, 1.54) is 49.5 Å². The minimum absolute atomic E-state index is 0.216. The molecule has 0 aliphatic carbocycles. The molecule has 0 bridgehead atoms. The zero-order chi connectivity index (χ0) is 18.4. The van der Waals surface area contributed by atoms with Gasteiger partial charge in [-0.15, -0.1) is 0 Å². The second kappa shape index (κ2) is 8.39. The number of anilines is 1. The van der Waals surface area contributed by atoms with E-state index in [9.17, 15) is 18.4 Å². The summed E-state index contributed by atoms with van der Waals surface area (Å²) in [4.78, 5) is 28.0. The van der Waals surface area contributed by atoms with Crippen molar-refractivity contribution in [1.82, 2.24) is 4.98 Å². The Bertz CT molecular complexity index is 756. The van der Waals surface area contributed by atoms with Crippen LogP contribution >= 0.6 is 11.6 Å². The van der Waals surface area contributed by atoms with Gasteiger partial charge in [0.1, 0.15) is 17.1 Å². The highest BCUT2D eigenvalue weighted by Gasteiger charge is 2.22. The summed E-state index contributed by atoms with van der Waals surface area (Å²) >= 11 is 5.69. The standard InChI is InChI=1S/C16H13ClF2N2O4/c1-9(14(22)21-13-7-6-10(17)8-20-13)24-15(23)11-4-2-3-5-12(11)25-16(18)19/h2-9,16H,1H3,(H,20,21,22)/t9-/m1/s1. The maximum Gasteiger partial charge on any atom is 0.387 e. The van der Waals surface area contributed by atoms with Gasteiger partial charge in [0.15, 0.2) is 6.10 Å². The highest BCUT2D eigenvalue weighted by atomic mass is 35.5. The van der Waals surface area contributed by atoms with E-state index >= 15 is 0 Å². The Hall–Kier alpha value is -2.74. The molecule has 132 valence electrons. The van der Waals surface area contributed by atoms with Gasteiger partial charge >= 0.3 is 12.6 Å². The molecule has 6 nitrogen and oxygen atoms in total. The van der Waals surface area contributed by atoms with Crippen LogP contribution in [0.5, 0.6) is 5.75 Å². The predicted molar refractivity (Wildman–Crippen MR) is 85.8 cm³/mol. The Labute approximate surface area is 146 Å². The van der Waals surface area contributed by atoms with Gasteiger partial charge in [0, 0.05) is 6.20 Å². The van der Waals surface area contributed by atoms with Crippen LogP contribution in [0.25, 0.3) is 0 Å². The van der Waals surface area contributed by atoms with Crippen molar-refractivity contribution in [2.24, 2.45) is 0 Å². The van der Waals surface area contributed by atoms with E-state index in [4.69, 9.17) is 16.3 Å². The number of ether oxygens (including phenoxy) is 2. The molecule has 1 aromatic heterocycles. The number of aromatic nitrogens is 1. The zero-order valence-corrected chi connectivity index (χ0v) is 13.7. The highest BCUT2D eigenvalue weighted by molar-refractivity contribution is 6.30. The zero-order valence-electron chi connectivity index (χ0n) is 12.9. The quantitative estimate of drug-likeness (QED) is 0.787. The fourth-order valence-corrected chi connectivity index (χ4v) is 1.90. The number of halogens is 3. The first kappa shape index (κ1) is 18.6. The number of carbonyl (C=O) groups excluding carboxylic acids is 2. The Morgan fingerprint density at radius 2 is 1.92 bits per heavy atom. The van der Waals surface area contributed by atoms with E-state index in [1.54, 1.807) is 0 Å². The topological polar surface area (TPSA) is 77.5 Å². The van der Waals surface area contributed by atoms with Gasteiger partial charge in [-0.25, -0.2) is 9.78 Å². The van der Waals surface area contributed by atoms with Crippen molar-refractivity contribution in [3.05, 3.63) is 53.2 Å². The number of hydrogen-bond donors (Lipinski definition) is 1. The normalized spacial score (nSPS) is 11.7. The first-order valence-corrected chi connectivity index (χ1v) is 7.42. The maximum absolute atomic E-state index is 12.4. The van der Waals surface area contributed by atoms with Gasteiger partial charge < -0.3 is 14.8 Å². The SMILES string of the molecule is C[C@@H](OC(=O)c1ccccc1OC(F)F)C(=O)Nc1ccc(Cl)cn1. The number of hydrogen-bond acceptors (Lipinski definition) is 5. The van der Waals surface area contributed by atoms with E-state index in [2.05, 4.69) is 15.0 Å². The number of amides is 1. The molecule has 1 N–H and O–H groups in total. The monoisotopic (exact) mass is 370 g/mol. The smallest absolute Gasteiger partial charge is 0.387 e. The lowest BCUT2D eigenvalue weighted by atomic mass is 10.2. The third-order valence-electron chi connectivity index (χ3n) is 2.95. The van der Waals surface area contributed by atoms with Crippen LogP contribution in [-0.2, 0) is 9.53 Å². The molecule has 1 atom stereocenters. The van der Waals surface area contributed by atoms with Crippen LogP contribution in [0.2, 0.25) is 5.02 Å². The largest absolute Gasteiger partial charge is 0.449 e. The summed E-state index contributed by atoms with van der Waals surface area (Å²) in [5.41, 5.74) is -0.216. The second-order valence-electron chi connectivity index (χ2n) is 4.77. The number of benzene rings is 1. The molecule has 9 heteroatoms. The van der Waals surface area contributed by atoms with Gasteiger partial charge in [0.05, 0.1) is 5.02 Å². The summed E-state index contributed by atoms with van der Waals surface area (Å²) in [7, 11) is 0. The average Bonchev–Trinajstić information content (AvgIpc) is 2.56. The third kappa shape index (κ3) is 5.39. The molecule has 0 radical (unpaired) electrons. The van der Waals surface area contributed by atoms with Crippen molar-refractivity contribution in [1.29, 1.82) is 0 Å². The van der Waals surface area contributed by atoms with Gasteiger partial charge in [-0.2, -0.15) is 8.78 Å². The van der Waals surface area contributed by atoms with Gasteiger partial charge in [0.2, 0.25) is 0 Å². The molecule has 0 unspecified atom stereocenters. The molecule has 25 heavy (non-hydrogen) atoms. The predicted octanol–water partition coefficient (Wildman–Crippen LogP) is 3.52. The van der Waals surface area contributed by atoms with Crippen molar-refractivity contribution < 1.29 is 27.8 Å². The number of pyridine rings is 1. The fraction of sp³-hybridized carbons (Fsp3) is 0.188. The number of alkyl halides is 2. The van der Waals surface area contributed by atoms with Crippen molar-refractivity contribution in [2.75, 3.05) is 5.32 Å². The molecule has 1 aromatic carbocycles. The van der Waals surface area contributed by atoms with E-state index in [1.807, 2.05) is 0 Å². The summed E-state index contributed by atoms with van der Waals surface area (Å²) in [6.45, 7) is -1.76. The van der Waals surface area contributed by atoms with Crippen LogP contribution in [-0.4, -0.2) is 29.6 Å². The lowest BCUT2D eigenvalue weighted by Gasteiger charge is -2.15. The van der Waals surface area contributed by atoms with E-state index < -0.39 is 24.6 Å². The third-order valence-corrected chi connectivity index (χ3v) is 3.18. The lowest BCUT2D eigenvalue weighted by molar-refractivity contribution is -0.123. The maximum atomic E-state index is 12.4. The van der Waals surface area contributed by atoms with Crippen molar-refractivity contribution in [2.45, 2.75) is 19.6 Å². The van der Waals surface area contributed by atoms with Crippen molar-refractivity contribution >= 4 is 29.3 Å². The van der Waals surface area contributed by atoms with E-state index in [-0.39, 0.29) is 17.1 Å². The number of nitrogens with one attached hydrogen (secondary N) is 1. The van der Waals surface area contributed by atoms with Crippen molar-refractivity contribution in [3.8, 4) is 5.75 Å². The molecule has 2 rings (SSSR count). The average molecular weight is 371 g/mol. The molecule has 0 aliphatic rings. The molecular formula is C16H13ClF2N2O4. The minimum atomic E-state index is -3.09. The summed E-state index contributed by atoms with van der Waals surface area (Å²) in [5, 5.41) is 2.83. The number of nitrogens with zero attached hydrogens (tertiary/aromatic N) is 1. The second-order valence-corrected chi connectivity index (χ2v) is 5.21. The number of para-hydroxylation sites is 1. The summed E-state index contributed by atoms with van der Waals surface area (Å²) in [6, 6.07) is 8.34. The number of carbonyl (C=O) groups is 2. The molecule has 2 aromatic rings. The Morgan fingerprint density at radius 1 is 1.20 bits per heavy atom. The van der Waals surface area contributed by atoms with Crippen LogP contribution in [0, 0.1) is 0 Å². The summed E-state index contributed by atoms with van der Waals surface area (Å²) < 4.78 is 34.0. The molecule has 1 amide bonds. The molecule has 0 aliphatic heterocycles. The molecule has 0 saturated heterocycles. The first-order valence-electron chi connectivity index (χ1n) is 7.04. The fourth-order valence-electron chi connectivity index (χ4n) is 1.79. The van der Waals surface area contributed by atoms with Crippen LogP contribution in [0.4, 0.5) is 14.6 Å². The minimum Gasteiger partial charge on any atom is -0.449 e. The van der Waals surface area contributed by atoms with Gasteiger partial charge in [-0.3, -0.25) is 4.79 Å². The van der Waals surface area contributed by atoms with E-state index in [0.717, 1.165) is 0 Å². The molecule has 1 heterocycles. The molecule has 0 saturated carbocycles.